The molecule has 0 saturated carbocycles. The van der Waals surface area contributed by atoms with Crippen molar-refractivity contribution in [1.82, 2.24) is 14.1 Å². The molecule has 0 aliphatic carbocycles. The lowest BCUT2D eigenvalue weighted by atomic mass is 9.98. The zero-order valence-corrected chi connectivity index (χ0v) is 20.3. The number of sulfonamides is 1. The van der Waals surface area contributed by atoms with Gasteiger partial charge in [0.15, 0.2) is 17.6 Å². The molecule has 2 aromatic carbocycles. The molecule has 1 atom stereocenters. The van der Waals surface area contributed by atoms with Crippen LogP contribution < -0.4 is 9.47 Å². The fourth-order valence-electron chi connectivity index (χ4n) is 5.38. The Balaban J connectivity index is 1.14. The summed E-state index contributed by atoms with van der Waals surface area (Å²) in [4.78, 5) is 17.1. The number of carbonyl (C=O) groups excluding carboxylic acids is 1. The highest BCUT2D eigenvalue weighted by molar-refractivity contribution is 7.89. The van der Waals surface area contributed by atoms with Crippen molar-refractivity contribution in [2.75, 3.05) is 46.4 Å². The number of aliphatic hydroxyl groups excluding tert-OH is 1. The predicted molar refractivity (Wildman–Crippen MR) is 126 cm³/mol. The summed E-state index contributed by atoms with van der Waals surface area (Å²) in [7, 11) is -1.71. The van der Waals surface area contributed by atoms with Gasteiger partial charge >= 0.3 is 0 Å². The summed E-state index contributed by atoms with van der Waals surface area (Å²) in [5, 5.41) is 10.9. The number of benzene rings is 2. The molecular weight excluding hydrogens is 470 g/mol. The molecule has 0 fully saturated rings. The van der Waals surface area contributed by atoms with Crippen LogP contribution in [0.2, 0.25) is 0 Å². The summed E-state index contributed by atoms with van der Waals surface area (Å²) in [5.74, 6) is 0.630. The van der Waals surface area contributed by atoms with Crippen LogP contribution in [0.15, 0.2) is 52.4 Å². The Morgan fingerprint density at radius 1 is 0.943 bits per heavy atom. The first-order valence-electron chi connectivity index (χ1n) is 11.7. The second-order valence-corrected chi connectivity index (χ2v) is 11.5. The van der Waals surface area contributed by atoms with Gasteiger partial charge in [0.1, 0.15) is 13.2 Å². The molecule has 9 nitrogen and oxygen atoms in total. The van der Waals surface area contributed by atoms with Gasteiger partial charge in [-0.1, -0.05) is 18.2 Å². The lowest BCUT2D eigenvalue weighted by Crippen LogP contribution is -2.38. The molecule has 0 unspecified atom stereocenters. The van der Waals surface area contributed by atoms with E-state index in [0.717, 1.165) is 28.8 Å². The van der Waals surface area contributed by atoms with E-state index < -0.39 is 16.1 Å². The van der Waals surface area contributed by atoms with Crippen LogP contribution in [0.4, 0.5) is 0 Å². The Hall–Kier alpha value is -2.92. The summed E-state index contributed by atoms with van der Waals surface area (Å²) >= 11 is 0. The second-order valence-electron chi connectivity index (χ2n) is 9.54. The van der Waals surface area contributed by atoms with E-state index in [9.17, 15) is 18.3 Å². The third kappa shape index (κ3) is 3.81. The van der Waals surface area contributed by atoms with Gasteiger partial charge in [0.25, 0.3) is 5.91 Å². The zero-order chi connectivity index (χ0) is 24.3. The number of carbonyl (C=O) groups is 1. The SMILES string of the molecule is CN1Cc2cccc([C@H](O)C(=O)N3CC4=C(C3)CN(S(=O)(=O)c3ccc5c(c3)OCCO5)C4)c2C1. The molecule has 4 heterocycles. The van der Waals surface area contributed by atoms with Gasteiger partial charge in [0.05, 0.1) is 4.90 Å². The number of rotatable bonds is 4. The Kier molecular flexibility index (Phi) is 5.37. The molecule has 4 aliphatic rings. The minimum atomic E-state index is -3.72. The molecule has 2 aromatic rings. The number of hydrogen-bond donors (Lipinski definition) is 1. The smallest absolute Gasteiger partial charge is 0.256 e. The average Bonchev–Trinajstić information content (AvgIpc) is 3.55. The van der Waals surface area contributed by atoms with Crippen LogP contribution in [0.3, 0.4) is 0 Å². The summed E-state index contributed by atoms with van der Waals surface area (Å²) in [6.45, 7) is 3.45. The number of fused-ring (bicyclic) bond motifs is 2. The van der Waals surface area contributed by atoms with Crippen molar-refractivity contribution in [3.05, 3.63) is 64.2 Å². The van der Waals surface area contributed by atoms with Crippen molar-refractivity contribution in [3.63, 3.8) is 0 Å². The van der Waals surface area contributed by atoms with Crippen molar-refractivity contribution in [2.45, 2.75) is 24.1 Å². The van der Waals surface area contributed by atoms with Gasteiger partial charge < -0.3 is 19.5 Å². The third-order valence-electron chi connectivity index (χ3n) is 7.17. The van der Waals surface area contributed by atoms with Crippen molar-refractivity contribution in [1.29, 1.82) is 0 Å². The highest BCUT2D eigenvalue weighted by Gasteiger charge is 2.39. The molecule has 4 aliphatic heterocycles. The number of hydrogen-bond acceptors (Lipinski definition) is 7. The lowest BCUT2D eigenvalue weighted by molar-refractivity contribution is -0.139. The zero-order valence-electron chi connectivity index (χ0n) is 19.4. The van der Waals surface area contributed by atoms with Gasteiger partial charge in [-0.15, -0.1) is 0 Å². The van der Waals surface area contributed by atoms with Crippen LogP contribution >= 0.6 is 0 Å². The largest absolute Gasteiger partial charge is 0.486 e. The van der Waals surface area contributed by atoms with E-state index in [0.29, 0.717) is 49.9 Å². The lowest BCUT2D eigenvalue weighted by Gasteiger charge is -2.25. The summed E-state index contributed by atoms with van der Waals surface area (Å²) < 4.78 is 39.0. The van der Waals surface area contributed by atoms with Crippen molar-refractivity contribution >= 4 is 15.9 Å². The number of amides is 1. The van der Waals surface area contributed by atoms with Crippen LogP contribution in [0.1, 0.15) is 22.8 Å². The number of ether oxygens (including phenoxy) is 2. The van der Waals surface area contributed by atoms with Crippen LogP contribution in [0, 0.1) is 0 Å². The van der Waals surface area contributed by atoms with Crippen LogP contribution in [-0.4, -0.2) is 80.0 Å². The molecule has 0 bridgehead atoms. The highest BCUT2D eigenvalue weighted by Crippen LogP contribution is 2.36. The molecule has 35 heavy (non-hydrogen) atoms. The molecule has 0 saturated heterocycles. The van der Waals surface area contributed by atoms with E-state index in [1.54, 1.807) is 11.0 Å². The maximum absolute atomic E-state index is 13.3. The second kappa shape index (κ2) is 8.34. The first kappa shape index (κ1) is 22.5. The minimum absolute atomic E-state index is 0.161. The van der Waals surface area contributed by atoms with Crippen LogP contribution in [-0.2, 0) is 27.9 Å². The van der Waals surface area contributed by atoms with Crippen LogP contribution in [0.25, 0.3) is 0 Å². The fourth-order valence-corrected chi connectivity index (χ4v) is 6.82. The van der Waals surface area contributed by atoms with E-state index >= 15 is 0 Å². The predicted octanol–water partition coefficient (Wildman–Crippen LogP) is 1.28. The molecule has 6 rings (SSSR count). The molecule has 0 radical (unpaired) electrons. The van der Waals surface area contributed by atoms with Gasteiger partial charge in [-0.05, 0) is 47.0 Å². The maximum atomic E-state index is 13.3. The standard InChI is InChI=1S/C25H27N3O6S/c1-26-10-16-3-2-4-20(21(16)15-26)24(29)25(30)27-11-17-13-28(14-18(17)12-27)35(31,32)19-5-6-22-23(9-19)34-8-7-33-22/h2-6,9,24,29H,7-8,10-15H2,1H3/t24-/m0/s1. The Labute approximate surface area is 204 Å². The van der Waals surface area contributed by atoms with E-state index in [1.165, 1.54) is 16.4 Å². The summed E-state index contributed by atoms with van der Waals surface area (Å²) in [5.41, 5.74) is 4.66. The molecule has 10 heteroatoms. The molecule has 1 N–H and O–H groups in total. The topological polar surface area (TPSA) is 99.6 Å². The normalized spacial score (nSPS) is 20.8. The van der Waals surface area contributed by atoms with E-state index in [4.69, 9.17) is 9.47 Å². The molecule has 184 valence electrons. The minimum Gasteiger partial charge on any atom is -0.486 e. The first-order chi connectivity index (χ1) is 16.8. The molecule has 1 amide bonds. The molecular formula is C25H27N3O6S. The van der Waals surface area contributed by atoms with Gasteiger partial charge in [-0.25, -0.2) is 8.42 Å². The van der Waals surface area contributed by atoms with Crippen LogP contribution in [0.5, 0.6) is 11.5 Å². The van der Waals surface area contributed by atoms with Crippen molar-refractivity contribution in [3.8, 4) is 11.5 Å². The Bertz CT molecular complexity index is 1340. The highest BCUT2D eigenvalue weighted by atomic mass is 32.2. The third-order valence-corrected chi connectivity index (χ3v) is 8.95. The average molecular weight is 498 g/mol. The van der Waals surface area contributed by atoms with E-state index in [1.807, 2.05) is 25.2 Å². The first-order valence-corrected chi connectivity index (χ1v) is 13.1. The monoisotopic (exact) mass is 497 g/mol. The molecule has 0 spiro atoms. The number of aliphatic hydroxyl groups is 1. The van der Waals surface area contributed by atoms with Gasteiger partial charge in [-0.2, -0.15) is 4.31 Å². The van der Waals surface area contributed by atoms with Gasteiger partial charge in [0.2, 0.25) is 10.0 Å². The fraction of sp³-hybridized carbons (Fsp3) is 0.400. The van der Waals surface area contributed by atoms with E-state index in [2.05, 4.69) is 4.90 Å². The van der Waals surface area contributed by atoms with E-state index in [-0.39, 0.29) is 23.9 Å². The Morgan fingerprint density at radius 2 is 1.66 bits per heavy atom. The Morgan fingerprint density at radius 3 is 2.40 bits per heavy atom. The summed E-state index contributed by atoms with van der Waals surface area (Å²) in [6, 6.07) is 10.4. The van der Waals surface area contributed by atoms with Gasteiger partial charge in [0, 0.05) is 45.3 Å². The van der Waals surface area contributed by atoms with Gasteiger partial charge in [-0.3, -0.25) is 9.69 Å². The molecule has 0 aromatic heterocycles. The maximum Gasteiger partial charge on any atom is 0.256 e. The number of nitrogens with zero attached hydrogens (tertiary/aromatic N) is 3. The quantitative estimate of drug-likeness (QED) is 0.636. The van der Waals surface area contributed by atoms with Crippen molar-refractivity contribution in [2.24, 2.45) is 0 Å². The summed E-state index contributed by atoms with van der Waals surface area (Å²) in [6.07, 6.45) is -1.23. The van der Waals surface area contributed by atoms with Crippen molar-refractivity contribution < 1.29 is 27.8 Å².